The Morgan fingerprint density at radius 3 is 2.05 bits per heavy atom. The van der Waals surface area contributed by atoms with E-state index in [-0.39, 0.29) is 17.6 Å². The van der Waals surface area contributed by atoms with E-state index in [9.17, 15) is 0 Å². The summed E-state index contributed by atoms with van der Waals surface area (Å²) in [5.41, 5.74) is 1.40. The maximum atomic E-state index is 5.80. The average molecular weight is 265 g/mol. The van der Waals surface area contributed by atoms with Crippen molar-refractivity contribution in [1.82, 2.24) is 0 Å². The van der Waals surface area contributed by atoms with Crippen LogP contribution in [0.3, 0.4) is 0 Å². The average Bonchev–Trinajstić information content (AvgIpc) is 2.37. The molecule has 0 unspecified atom stereocenters. The van der Waals surface area contributed by atoms with Crippen LogP contribution in [0, 0.1) is 5.41 Å². The number of ether oxygens (including phenoxy) is 2. The van der Waals surface area contributed by atoms with Crippen LogP contribution >= 0.6 is 0 Å². The SMILES string of the molecule is CC(C)OC1=CC=C(C(C)(C)C)CC(OC(C)C)=N1. The van der Waals surface area contributed by atoms with Crippen molar-refractivity contribution in [3.05, 3.63) is 23.6 Å². The third kappa shape index (κ3) is 5.50. The number of aliphatic imine (C=N–C) groups is 1. The van der Waals surface area contributed by atoms with E-state index < -0.39 is 0 Å². The van der Waals surface area contributed by atoms with Crippen LogP contribution in [0.25, 0.3) is 0 Å². The summed E-state index contributed by atoms with van der Waals surface area (Å²) >= 11 is 0. The zero-order valence-corrected chi connectivity index (χ0v) is 13.3. The van der Waals surface area contributed by atoms with Crippen LogP contribution in [0.2, 0.25) is 0 Å². The van der Waals surface area contributed by atoms with E-state index in [1.807, 2.05) is 33.8 Å². The number of nitrogens with zero attached hydrogens (tertiary/aromatic N) is 1. The fourth-order valence-corrected chi connectivity index (χ4v) is 1.76. The molecule has 1 heterocycles. The summed E-state index contributed by atoms with van der Waals surface area (Å²) in [6.45, 7) is 14.6. The lowest BCUT2D eigenvalue weighted by molar-refractivity contribution is 0.143. The first-order chi connectivity index (χ1) is 8.68. The first kappa shape index (κ1) is 15.8. The molecule has 1 aliphatic heterocycles. The van der Waals surface area contributed by atoms with E-state index in [0.29, 0.717) is 5.88 Å². The molecule has 0 aliphatic carbocycles. The minimum atomic E-state index is 0.102. The molecule has 1 rings (SSSR count). The highest BCUT2D eigenvalue weighted by molar-refractivity contribution is 5.80. The van der Waals surface area contributed by atoms with E-state index >= 15 is 0 Å². The molecule has 0 aromatic rings. The van der Waals surface area contributed by atoms with E-state index in [2.05, 4.69) is 31.8 Å². The largest absolute Gasteiger partial charge is 0.478 e. The number of allylic oxidation sites excluding steroid dienone is 2. The Morgan fingerprint density at radius 1 is 1.00 bits per heavy atom. The summed E-state index contributed by atoms with van der Waals surface area (Å²) in [6.07, 6.45) is 5.02. The zero-order valence-electron chi connectivity index (χ0n) is 13.3. The van der Waals surface area contributed by atoms with Crippen molar-refractivity contribution < 1.29 is 9.47 Å². The van der Waals surface area contributed by atoms with Gasteiger partial charge in [0.15, 0.2) is 5.90 Å². The molecule has 0 spiro atoms. The number of rotatable bonds is 3. The van der Waals surface area contributed by atoms with Gasteiger partial charge in [0.05, 0.1) is 12.2 Å². The lowest BCUT2D eigenvalue weighted by Crippen LogP contribution is -2.17. The van der Waals surface area contributed by atoms with Crippen molar-refractivity contribution >= 4 is 5.90 Å². The van der Waals surface area contributed by atoms with Gasteiger partial charge in [0.1, 0.15) is 0 Å². The fraction of sp³-hybridized carbons (Fsp3) is 0.688. The van der Waals surface area contributed by atoms with Gasteiger partial charge in [-0.05, 0) is 33.1 Å². The summed E-state index contributed by atoms with van der Waals surface area (Å²) in [6, 6.07) is 0. The molecule has 0 aromatic carbocycles. The molecule has 1 aliphatic rings. The van der Waals surface area contributed by atoms with Crippen molar-refractivity contribution in [3.8, 4) is 0 Å². The van der Waals surface area contributed by atoms with Gasteiger partial charge < -0.3 is 9.47 Å². The third-order valence-corrected chi connectivity index (χ3v) is 2.70. The lowest BCUT2D eigenvalue weighted by atomic mass is 9.84. The standard InChI is InChI=1S/C16H27NO2/c1-11(2)18-14-9-8-13(16(5,6)7)10-15(17-14)19-12(3)4/h8-9,11-12H,10H2,1-7H3. The molecule has 0 bridgehead atoms. The second kappa shape index (κ2) is 6.27. The van der Waals surface area contributed by atoms with Crippen LogP contribution in [0.4, 0.5) is 0 Å². The predicted molar refractivity (Wildman–Crippen MR) is 80.1 cm³/mol. The van der Waals surface area contributed by atoms with Crippen LogP contribution in [0.1, 0.15) is 54.9 Å². The van der Waals surface area contributed by atoms with Crippen molar-refractivity contribution in [2.24, 2.45) is 10.4 Å². The molecule has 0 radical (unpaired) electrons. The molecule has 0 N–H and O–H groups in total. The molecule has 0 aromatic heterocycles. The maximum Gasteiger partial charge on any atom is 0.216 e. The first-order valence-electron chi connectivity index (χ1n) is 7.00. The lowest BCUT2D eigenvalue weighted by Gasteiger charge is -2.23. The zero-order chi connectivity index (χ0) is 14.6. The van der Waals surface area contributed by atoms with Crippen LogP contribution in [-0.4, -0.2) is 18.1 Å². The minimum absolute atomic E-state index is 0.102. The Morgan fingerprint density at radius 2 is 1.58 bits per heavy atom. The number of hydrogen-bond acceptors (Lipinski definition) is 3. The maximum absolute atomic E-state index is 5.80. The van der Waals surface area contributed by atoms with E-state index in [1.54, 1.807) is 0 Å². The number of hydrogen-bond donors (Lipinski definition) is 0. The predicted octanol–water partition coefficient (Wildman–Crippen LogP) is 4.45. The minimum Gasteiger partial charge on any atom is -0.478 e. The van der Waals surface area contributed by atoms with Crippen molar-refractivity contribution in [2.75, 3.05) is 0 Å². The van der Waals surface area contributed by atoms with Crippen LogP contribution < -0.4 is 0 Å². The van der Waals surface area contributed by atoms with Crippen LogP contribution in [-0.2, 0) is 9.47 Å². The molecular weight excluding hydrogens is 238 g/mol. The van der Waals surface area contributed by atoms with Crippen LogP contribution in [0.15, 0.2) is 28.6 Å². The Balaban J connectivity index is 3.02. The van der Waals surface area contributed by atoms with Gasteiger partial charge in [0, 0.05) is 12.5 Å². The highest BCUT2D eigenvalue weighted by atomic mass is 16.5. The molecule has 19 heavy (non-hydrogen) atoms. The highest BCUT2D eigenvalue weighted by Crippen LogP contribution is 2.30. The Labute approximate surface area is 117 Å². The Hall–Kier alpha value is -1.25. The van der Waals surface area contributed by atoms with Gasteiger partial charge >= 0.3 is 0 Å². The third-order valence-electron chi connectivity index (χ3n) is 2.70. The van der Waals surface area contributed by atoms with Gasteiger partial charge in [-0.2, -0.15) is 4.99 Å². The van der Waals surface area contributed by atoms with Gasteiger partial charge in [-0.25, -0.2) is 0 Å². The highest BCUT2D eigenvalue weighted by Gasteiger charge is 2.22. The summed E-state index contributed by atoms with van der Waals surface area (Å²) < 4.78 is 11.5. The molecule has 3 heteroatoms. The van der Waals surface area contributed by atoms with Gasteiger partial charge in [-0.15, -0.1) is 0 Å². The van der Waals surface area contributed by atoms with Gasteiger partial charge in [0.25, 0.3) is 0 Å². The second-order valence-corrected chi connectivity index (χ2v) is 6.46. The van der Waals surface area contributed by atoms with E-state index in [4.69, 9.17) is 9.47 Å². The molecule has 0 saturated carbocycles. The molecule has 0 amide bonds. The molecule has 0 atom stereocenters. The molecule has 108 valence electrons. The first-order valence-corrected chi connectivity index (χ1v) is 7.00. The monoisotopic (exact) mass is 265 g/mol. The van der Waals surface area contributed by atoms with Crippen molar-refractivity contribution in [2.45, 2.75) is 67.1 Å². The molecular formula is C16H27NO2. The summed E-state index contributed by atoms with van der Waals surface area (Å²) in [7, 11) is 0. The van der Waals surface area contributed by atoms with E-state index in [0.717, 1.165) is 12.3 Å². The topological polar surface area (TPSA) is 30.8 Å². The fourth-order valence-electron chi connectivity index (χ4n) is 1.76. The smallest absolute Gasteiger partial charge is 0.216 e. The quantitative estimate of drug-likeness (QED) is 0.754. The molecule has 0 fully saturated rings. The van der Waals surface area contributed by atoms with Crippen molar-refractivity contribution in [3.63, 3.8) is 0 Å². The van der Waals surface area contributed by atoms with Gasteiger partial charge in [0.2, 0.25) is 5.88 Å². The Bertz CT molecular complexity index is 395. The molecule has 3 nitrogen and oxygen atoms in total. The second-order valence-electron chi connectivity index (χ2n) is 6.46. The van der Waals surface area contributed by atoms with Crippen molar-refractivity contribution in [1.29, 1.82) is 0 Å². The van der Waals surface area contributed by atoms with Gasteiger partial charge in [-0.3, -0.25) is 0 Å². The molecule has 0 saturated heterocycles. The summed E-state index contributed by atoms with van der Waals surface area (Å²) in [5.74, 6) is 1.37. The summed E-state index contributed by atoms with van der Waals surface area (Å²) in [5, 5.41) is 0. The van der Waals surface area contributed by atoms with Crippen LogP contribution in [0.5, 0.6) is 0 Å². The summed E-state index contributed by atoms with van der Waals surface area (Å²) in [4.78, 5) is 4.50. The Kier molecular flexibility index (Phi) is 5.21. The van der Waals surface area contributed by atoms with Gasteiger partial charge in [-0.1, -0.05) is 32.4 Å². The normalized spacial score (nSPS) is 16.8. The van der Waals surface area contributed by atoms with E-state index in [1.165, 1.54) is 5.57 Å².